The molecule has 1 fully saturated rings. The summed E-state index contributed by atoms with van der Waals surface area (Å²) in [6.07, 6.45) is 10.8. The van der Waals surface area contributed by atoms with Gasteiger partial charge in [0.05, 0.1) is 7.11 Å². The molecular formula is C16H23NO. The minimum Gasteiger partial charge on any atom is -0.496 e. The predicted octanol–water partition coefficient (Wildman–Crippen LogP) is 3.71. The monoisotopic (exact) mass is 245 g/mol. The second-order valence-corrected chi connectivity index (χ2v) is 4.97. The van der Waals surface area contributed by atoms with Crippen LogP contribution in [0, 0.1) is 0 Å². The molecule has 2 N–H and O–H groups in total. The lowest BCUT2D eigenvalue weighted by Gasteiger charge is -2.22. The van der Waals surface area contributed by atoms with E-state index in [9.17, 15) is 0 Å². The summed E-state index contributed by atoms with van der Waals surface area (Å²) < 4.78 is 5.39. The molecule has 0 aliphatic heterocycles. The fraction of sp³-hybridized carbons (Fsp3) is 0.500. The summed E-state index contributed by atoms with van der Waals surface area (Å²) in [6.45, 7) is 0.566. The zero-order valence-corrected chi connectivity index (χ0v) is 11.2. The van der Waals surface area contributed by atoms with Crippen LogP contribution >= 0.6 is 0 Å². The van der Waals surface area contributed by atoms with Crippen molar-refractivity contribution < 1.29 is 4.74 Å². The summed E-state index contributed by atoms with van der Waals surface area (Å²) in [7, 11) is 1.72. The smallest absolute Gasteiger partial charge is 0.126 e. The van der Waals surface area contributed by atoms with E-state index in [1.54, 1.807) is 7.11 Å². The highest BCUT2D eigenvalue weighted by Gasteiger charge is 2.16. The quantitative estimate of drug-likeness (QED) is 0.877. The highest BCUT2D eigenvalue weighted by Crippen LogP contribution is 2.34. The molecule has 2 heteroatoms. The van der Waals surface area contributed by atoms with E-state index < -0.39 is 0 Å². The molecule has 2 nitrogen and oxygen atoms in total. The molecule has 1 aromatic carbocycles. The van der Waals surface area contributed by atoms with E-state index >= 15 is 0 Å². The maximum atomic E-state index is 5.52. The number of hydrogen-bond acceptors (Lipinski definition) is 2. The first-order valence-electron chi connectivity index (χ1n) is 6.89. The van der Waals surface area contributed by atoms with Crippen LogP contribution in [-0.4, -0.2) is 13.7 Å². The molecule has 0 saturated heterocycles. The summed E-state index contributed by atoms with van der Waals surface area (Å²) in [5.41, 5.74) is 8.12. The zero-order valence-electron chi connectivity index (χ0n) is 11.2. The highest BCUT2D eigenvalue weighted by molar-refractivity contribution is 5.59. The lowest BCUT2D eigenvalue weighted by Crippen LogP contribution is -2.05. The molecule has 1 aliphatic carbocycles. The molecule has 0 radical (unpaired) electrons. The third kappa shape index (κ3) is 3.14. The van der Waals surface area contributed by atoms with Crippen molar-refractivity contribution in [3.8, 4) is 5.75 Å². The van der Waals surface area contributed by atoms with Crippen molar-refractivity contribution in [3.63, 3.8) is 0 Å². The predicted molar refractivity (Wildman–Crippen MR) is 76.9 cm³/mol. The number of hydrogen-bond donors (Lipinski definition) is 1. The average molecular weight is 245 g/mol. The first kappa shape index (κ1) is 13.2. The van der Waals surface area contributed by atoms with Crippen LogP contribution in [0.2, 0.25) is 0 Å². The third-order valence-corrected chi connectivity index (χ3v) is 3.76. The zero-order chi connectivity index (χ0) is 12.8. The summed E-state index contributed by atoms with van der Waals surface area (Å²) >= 11 is 0. The first-order valence-corrected chi connectivity index (χ1v) is 6.89. The van der Waals surface area contributed by atoms with Crippen LogP contribution in [-0.2, 0) is 0 Å². The molecular weight excluding hydrogens is 222 g/mol. The molecule has 0 bridgehead atoms. The van der Waals surface area contributed by atoms with Gasteiger partial charge >= 0.3 is 0 Å². The van der Waals surface area contributed by atoms with Crippen LogP contribution in [0.3, 0.4) is 0 Å². The van der Waals surface area contributed by atoms with E-state index in [1.165, 1.54) is 37.7 Å². The molecule has 98 valence electrons. The van der Waals surface area contributed by atoms with Gasteiger partial charge in [0.1, 0.15) is 5.75 Å². The Labute approximate surface area is 110 Å². The largest absolute Gasteiger partial charge is 0.496 e. The van der Waals surface area contributed by atoms with E-state index in [-0.39, 0.29) is 0 Å². The maximum Gasteiger partial charge on any atom is 0.126 e. The molecule has 1 saturated carbocycles. The topological polar surface area (TPSA) is 35.2 Å². The second kappa shape index (κ2) is 6.60. The van der Waals surface area contributed by atoms with Gasteiger partial charge in [-0.3, -0.25) is 0 Å². The van der Waals surface area contributed by atoms with Gasteiger partial charge in [-0.1, -0.05) is 37.5 Å². The summed E-state index contributed by atoms with van der Waals surface area (Å²) in [5, 5.41) is 0. The van der Waals surface area contributed by atoms with Crippen LogP contribution in [0.4, 0.5) is 0 Å². The average Bonchev–Trinajstić information content (AvgIpc) is 2.45. The molecule has 18 heavy (non-hydrogen) atoms. The Bertz CT molecular complexity index is 406. The van der Waals surface area contributed by atoms with Gasteiger partial charge in [0.15, 0.2) is 0 Å². The molecule has 0 aromatic heterocycles. The van der Waals surface area contributed by atoms with Gasteiger partial charge in [0, 0.05) is 12.1 Å². The van der Waals surface area contributed by atoms with E-state index in [0.717, 1.165) is 17.2 Å². The number of nitrogens with two attached hydrogens (primary N) is 1. The van der Waals surface area contributed by atoms with Gasteiger partial charge in [0.25, 0.3) is 0 Å². The summed E-state index contributed by atoms with van der Waals surface area (Å²) in [6, 6.07) is 6.57. The third-order valence-electron chi connectivity index (χ3n) is 3.76. The molecule has 0 spiro atoms. The Kier molecular flexibility index (Phi) is 4.82. The lowest BCUT2D eigenvalue weighted by molar-refractivity contribution is 0.412. The van der Waals surface area contributed by atoms with Crippen LogP contribution in [0.25, 0.3) is 6.08 Å². The van der Waals surface area contributed by atoms with E-state index in [2.05, 4.69) is 24.3 Å². The van der Waals surface area contributed by atoms with Gasteiger partial charge in [-0.15, -0.1) is 0 Å². The van der Waals surface area contributed by atoms with Crippen molar-refractivity contribution in [2.24, 2.45) is 5.73 Å². The molecule has 2 rings (SSSR count). The maximum absolute atomic E-state index is 5.52. The van der Waals surface area contributed by atoms with Crippen molar-refractivity contribution in [2.75, 3.05) is 13.7 Å². The summed E-state index contributed by atoms with van der Waals surface area (Å²) in [4.78, 5) is 0. The fourth-order valence-electron chi connectivity index (χ4n) is 2.77. The highest BCUT2D eigenvalue weighted by atomic mass is 16.5. The normalized spacial score (nSPS) is 17.2. The molecule has 0 amide bonds. The van der Waals surface area contributed by atoms with Gasteiger partial charge in [-0.05, 0) is 36.5 Å². The number of benzene rings is 1. The minimum absolute atomic E-state index is 0.566. The Morgan fingerprint density at radius 2 is 2.06 bits per heavy atom. The van der Waals surface area contributed by atoms with E-state index in [4.69, 9.17) is 10.5 Å². The number of methoxy groups -OCH3 is 1. The summed E-state index contributed by atoms with van der Waals surface area (Å²) in [5.74, 6) is 1.66. The van der Waals surface area contributed by atoms with Crippen LogP contribution in [0.15, 0.2) is 24.3 Å². The lowest BCUT2D eigenvalue weighted by atomic mass is 9.83. The fourth-order valence-corrected chi connectivity index (χ4v) is 2.77. The van der Waals surface area contributed by atoms with Gasteiger partial charge in [-0.25, -0.2) is 0 Å². The molecule has 1 aliphatic rings. The standard InChI is InChI=1S/C16H23NO/c1-18-16-10-9-14(12-15(16)8-5-11-17)13-6-3-2-4-7-13/h5,8-10,12-13H,2-4,6-7,11,17H2,1H3/b8-5+. The van der Waals surface area contributed by atoms with E-state index in [0.29, 0.717) is 6.54 Å². The van der Waals surface area contributed by atoms with Crippen molar-refractivity contribution in [3.05, 3.63) is 35.4 Å². The number of ether oxygens (including phenoxy) is 1. The van der Waals surface area contributed by atoms with Crippen LogP contribution in [0.5, 0.6) is 5.75 Å². The van der Waals surface area contributed by atoms with Crippen LogP contribution in [0.1, 0.15) is 49.1 Å². The van der Waals surface area contributed by atoms with E-state index in [1.807, 2.05) is 6.08 Å². The van der Waals surface area contributed by atoms with Gasteiger partial charge in [0.2, 0.25) is 0 Å². The van der Waals surface area contributed by atoms with Gasteiger partial charge in [-0.2, -0.15) is 0 Å². The molecule has 1 aromatic rings. The molecule has 0 heterocycles. The van der Waals surface area contributed by atoms with Crippen molar-refractivity contribution in [1.82, 2.24) is 0 Å². The molecule has 0 atom stereocenters. The first-order chi connectivity index (χ1) is 8.85. The Morgan fingerprint density at radius 1 is 1.28 bits per heavy atom. The Balaban J connectivity index is 2.23. The van der Waals surface area contributed by atoms with Crippen molar-refractivity contribution in [2.45, 2.75) is 38.0 Å². The van der Waals surface area contributed by atoms with Crippen LogP contribution < -0.4 is 10.5 Å². The van der Waals surface area contributed by atoms with Crippen molar-refractivity contribution >= 4 is 6.08 Å². The molecule has 0 unspecified atom stereocenters. The second-order valence-electron chi connectivity index (χ2n) is 4.97. The minimum atomic E-state index is 0.566. The SMILES string of the molecule is COc1ccc(C2CCCCC2)cc1/C=C/CN. The number of rotatable bonds is 4. The Hall–Kier alpha value is -1.28. The Morgan fingerprint density at radius 3 is 2.72 bits per heavy atom. The van der Waals surface area contributed by atoms with Crippen molar-refractivity contribution in [1.29, 1.82) is 0 Å². The van der Waals surface area contributed by atoms with Gasteiger partial charge < -0.3 is 10.5 Å².